The number of carbonyl (C=O) groups is 3. The van der Waals surface area contributed by atoms with Crippen molar-refractivity contribution in [3.63, 3.8) is 0 Å². The van der Waals surface area contributed by atoms with E-state index in [1.54, 1.807) is 28.0 Å². The van der Waals surface area contributed by atoms with Gasteiger partial charge in [0.05, 0.1) is 12.7 Å². The largest absolute Gasteiger partial charge is 0.496 e. The molecule has 0 bridgehead atoms. The third kappa shape index (κ3) is 4.65. The molecule has 1 aromatic rings. The molecule has 0 aromatic heterocycles. The molecule has 8 nitrogen and oxygen atoms in total. The zero-order chi connectivity index (χ0) is 22.7. The maximum Gasteiger partial charge on any atom is 0.320 e. The first-order chi connectivity index (χ1) is 15.5. The van der Waals surface area contributed by atoms with Crippen LogP contribution in [-0.2, 0) is 4.79 Å². The van der Waals surface area contributed by atoms with Gasteiger partial charge in [-0.05, 0) is 50.3 Å². The highest BCUT2D eigenvalue weighted by Crippen LogP contribution is 2.28. The van der Waals surface area contributed by atoms with Crippen LogP contribution < -0.4 is 4.74 Å². The van der Waals surface area contributed by atoms with Crippen LogP contribution in [0.5, 0.6) is 5.75 Å². The van der Waals surface area contributed by atoms with Crippen molar-refractivity contribution >= 4 is 29.4 Å². The van der Waals surface area contributed by atoms with Gasteiger partial charge in [0.1, 0.15) is 11.8 Å². The first kappa shape index (κ1) is 22.7. The molecule has 3 aliphatic rings. The maximum atomic E-state index is 13.3. The van der Waals surface area contributed by atoms with Crippen molar-refractivity contribution in [2.24, 2.45) is 0 Å². The lowest BCUT2D eigenvalue weighted by atomic mass is 10.1. The van der Waals surface area contributed by atoms with Crippen molar-refractivity contribution in [2.45, 2.75) is 38.1 Å². The Morgan fingerprint density at radius 3 is 2.22 bits per heavy atom. The SMILES string of the molecule is COc1ccc(Cl)cc1C(=O)N1CCCC1C(=O)N1CCN(C(=O)N2CCCCC2)CC1. The van der Waals surface area contributed by atoms with Gasteiger partial charge >= 0.3 is 6.03 Å². The predicted molar refractivity (Wildman–Crippen MR) is 121 cm³/mol. The van der Waals surface area contributed by atoms with E-state index >= 15 is 0 Å². The maximum absolute atomic E-state index is 13.3. The molecule has 0 saturated carbocycles. The summed E-state index contributed by atoms with van der Waals surface area (Å²) in [6.07, 6.45) is 4.73. The van der Waals surface area contributed by atoms with Crippen molar-refractivity contribution in [1.29, 1.82) is 0 Å². The molecule has 0 N–H and O–H groups in total. The highest BCUT2D eigenvalue weighted by molar-refractivity contribution is 6.31. The number of piperazine rings is 1. The Hall–Kier alpha value is -2.48. The number of amides is 4. The van der Waals surface area contributed by atoms with Crippen LogP contribution in [0.4, 0.5) is 4.79 Å². The lowest BCUT2D eigenvalue weighted by Crippen LogP contribution is -2.57. The van der Waals surface area contributed by atoms with Gasteiger partial charge < -0.3 is 24.3 Å². The van der Waals surface area contributed by atoms with E-state index in [2.05, 4.69) is 0 Å². The Morgan fingerprint density at radius 1 is 0.875 bits per heavy atom. The first-order valence-electron chi connectivity index (χ1n) is 11.5. The zero-order valence-corrected chi connectivity index (χ0v) is 19.4. The summed E-state index contributed by atoms with van der Waals surface area (Å²) in [4.78, 5) is 46.5. The number of benzene rings is 1. The number of hydrogen-bond donors (Lipinski definition) is 0. The molecule has 3 fully saturated rings. The number of carbonyl (C=O) groups excluding carboxylic acids is 3. The average Bonchev–Trinajstić information content (AvgIpc) is 3.33. The van der Waals surface area contributed by atoms with Gasteiger partial charge in [-0.15, -0.1) is 0 Å². The number of likely N-dealkylation sites (tertiary alicyclic amines) is 2. The van der Waals surface area contributed by atoms with E-state index < -0.39 is 6.04 Å². The number of methoxy groups -OCH3 is 1. The fourth-order valence-electron chi connectivity index (χ4n) is 4.88. The van der Waals surface area contributed by atoms with Crippen LogP contribution in [-0.4, -0.2) is 96.4 Å². The van der Waals surface area contributed by atoms with Gasteiger partial charge in [0, 0.05) is 50.8 Å². The van der Waals surface area contributed by atoms with Gasteiger partial charge in [-0.25, -0.2) is 4.79 Å². The molecule has 9 heteroatoms. The minimum atomic E-state index is -0.490. The molecule has 3 aliphatic heterocycles. The second-order valence-corrected chi connectivity index (χ2v) is 9.08. The number of nitrogens with zero attached hydrogens (tertiary/aromatic N) is 4. The van der Waals surface area contributed by atoms with Crippen molar-refractivity contribution in [3.05, 3.63) is 28.8 Å². The predicted octanol–water partition coefficient (Wildman–Crippen LogP) is 2.70. The van der Waals surface area contributed by atoms with Crippen LogP contribution in [0.2, 0.25) is 5.02 Å². The number of halogens is 1. The Bertz CT molecular complexity index is 866. The van der Waals surface area contributed by atoms with Gasteiger partial charge in [-0.3, -0.25) is 9.59 Å². The molecule has 32 heavy (non-hydrogen) atoms. The van der Waals surface area contributed by atoms with Crippen LogP contribution in [0.3, 0.4) is 0 Å². The van der Waals surface area contributed by atoms with Crippen LogP contribution >= 0.6 is 11.6 Å². The van der Waals surface area contributed by atoms with Crippen LogP contribution in [0.1, 0.15) is 42.5 Å². The smallest absolute Gasteiger partial charge is 0.320 e. The van der Waals surface area contributed by atoms with Gasteiger partial charge in [-0.1, -0.05) is 11.6 Å². The number of ether oxygens (including phenoxy) is 1. The molecule has 1 unspecified atom stereocenters. The van der Waals surface area contributed by atoms with E-state index in [4.69, 9.17) is 16.3 Å². The van der Waals surface area contributed by atoms with Gasteiger partial charge in [-0.2, -0.15) is 0 Å². The number of hydrogen-bond acceptors (Lipinski definition) is 4. The molecule has 0 spiro atoms. The Labute approximate surface area is 194 Å². The van der Waals surface area contributed by atoms with E-state index in [9.17, 15) is 14.4 Å². The van der Waals surface area contributed by atoms with Crippen LogP contribution in [0.25, 0.3) is 0 Å². The van der Waals surface area contributed by atoms with E-state index in [1.807, 2.05) is 9.80 Å². The minimum Gasteiger partial charge on any atom is -0.496 e. The zero-order valence-electron chi connectivity index (χ0n) is 18.6. The second kappa shape index (κ2) is 9.98. The molecule has 0 radical (unpaired) electrons. The summed E-state index contributed by atoms with van der Waals surface area (Å²) in [6, 6.07) is 4.53. The molecule has 0 aliphatic carbocycles. The summed E-state index contributed by atoms with van der Waals surface area (Å²) >= 11 is 6.10. The second-order valence-electron chi connectivity index (χ2n) is 8.64. The summed E-state index contributed by atoms with van der Waals surface area (Å²) in [5.74, 6) is 0.170. The molecule has 4 rings (SSSR count). The molecule has 1 atom stereocenters. The third-order valence-electron chi connectivity index (χ3n) is 6.68. The van der Waals surface area contributed by atoms with Gasteiger partial charge in [0.15, 0.2) is 0 Å². The summed E-state index contributed by atoms with van der Waals surface area (Å²) in [5.41, 5.74) is 0.372. The standard InChI is InChI=1S/C23H31ClN4O4/c1-32-20-8-7-17(24)16-18(20)21(29)28-11-5-6-19(28)22(30)25-12-14-27(15-13-25)23(31)26-9-3-2-4-10-26/h7-8,16,19H,2-6,9-15H2,1H3. The highest BCUT2D eigenvalue weighted by atomic mass is 35.5. The quantitative estimate of drug-likeness (QED) is 0.692. The lowest BCUT2D eigenvalue weighted by Gasteiger charge is -2.40. The monoisotopic (exact) mass is 462 g/mol. The lowest BCUT2D eigenvalue weighted by molar-refractivity contribution is -0.136. The summed E-state index contributed by atoms with van der Waals surface area (Å²) in [5, 5.41) is 0.450. The Balaban J connectivity index is 1.38. The van der Waals surface area contributed by atoms with Crippen LogP contribution in [0.15, 0.2) is 18.2 Å². The van der Waals surface area contributed by atoms with Gasteiger partial charge in [0.2, 0.25) is 5.91 Å². The van der Waals surface area contributed by atoms with E-state index in [0.717, 1.165) is 32.4 Å². The van der Waals surface area contributed by atoms with E-state index in [-0.39, 0.29) is 17.8 Å². The average molecular weight is 463 g/mol. The van der Waals surface area contributed by atoms with Crippen LogP contribution in [0, 0.1) is 0 Å². The molecular weight excluding hydrogens is 432 g/mol. The molecule has 3 saturated heterocycles. The molecule has 4 amide bonds. The molecule has 3 heterocycles. The number of rotatable bonds is 3. The summed E-state index contributed by atoms with van der Waals surface area (Å²) < 4.78 is 5.33. The molecular formula is C23H31ClN4O4. The third-order valence-corrected chi connectivity index (χ3v) is 6.91. The van der Waals surface area contributed by atoms with Crippen molar-refractivity contribution in [1.82, 2.24) is 19.6 Å². The Morgan fingerprint density at radius 2 is 1.53 bits per heavy atom. The molecule has 1 aromatic carbocycles. The fraction of sp³-hybridized carbons (Fsp3) is 0.609. The summed E-state index contributed by atoms with van der Waals surface area (Å²) in [6.45, 7) is 4.23. The van der Waals surface area contributed by atoms with Crippen molar-refractivity contribution in [3.8, 4) is 5.75 Å². The Kier molecular flexibility index (Phi) is 7.08. The van der Waals surface area contributed by atoms with Crippen molar-refractivity contribution < 1.29 is 19.1 Å². The van der Waals surface area contributed by atoms with Gasteiger partial charge in [0.25, 0.3) is 5.91 Å². The minimum absolute atomic E-state index is 0.0399. The van der Waals surface area contributed by atoms with Crippen molar-refractivity contribution in [2.75, 3.05) is 52.9 Å². The normalized spacial score (nSPS) is 21.6. The number of piperidine rings is 1. The highest BCUT2D eigenvalue weighted by Gasteiger charge is 2.39. The number of urea groups is 1. The summed E-state index contributed by atoms with van der Waals surface area (Å²) in [7, 11) is 1.51. The topological polar surface area (TPSA) is 73.4 Å². The first-order valence-corrected chi connectivity index (χ1v) is 11.8. The fourth-order valence-corrected chi connectivity index (χ4v) is 5.05. The van der Waals surface area contributed by atoms with E-state index in [1.165, 1.54) is 13.5 Å². The van der Waals surface area contributed by atoms with E-state index in [0.29, 0.717) is 55.5 Å². The molecule has 174 valence electrons.